The van der Waals surface area contributed by atoms with E-state index in [0.29, 0.717) is 0 Å². The van der Waals surface area contributed by atoms with Crippen molar-refractivity contribution in [1.82, 2.24) is 19.9 Å². The third kappa shape index (κ3) is 2.43. The molecule has 102 valence electrons. The molecule has 0 fully saturated rings. The van der Waals surface area contributed by atoms with E-state index in [0.717, 1.165) is 0 Å². The fraction of sp³-hybridized carbons (Fsp3) is 0.250. The van der Waals surface area contributed by atoms with Crippen LogP contribution in [0, 0.1) is 0 Å². The Hall–Kier alpha value is -1.97. The summed E-state index contributed by atoms with van der Waals surface area (Å²) < 4.78 is 49.3. The molecule has 0 bridgehead atoms. The summed E-state index contributed by atoms with van der Waals surface area (Å²) in [5.74, 6) is -7.72. The van der Waals surface area contributed by atoms with Crippen LogP contribution in [0.4, 0.5) is 23.5 Å². The van der Waals surface area contributed by atoms with Crippen LogP contribution in [-0.2, 0) is 4.79 Å². The van der Waals surface area contributed by atoms with E-state index in [1.165, 1.54) is 11.6 Å². The van der Waals surface area contributed by atoms with E-state index in [9.17, 15) is 22.4 Å². The molecule has 0 aliphatic rings. The average molecular weight is 298 g/mol. The predicted molar refractivity (Wildman–Crippen MR) is 56.3 cm³/mol. The number of rotatable bonds is 3. The van der Waals surface area contributed by atoms with Gasteiger partial charge in [-0.05, 0) is 0 Å². The number of anilines is 1. The molecule has 0 spiro atoms. The Kier molecular flexibility index (Phi) is 3.27. The molecule has 0 radical (unpaired) electrons. The van der Waals surface area contributed by atoms with Crippen molar-refractivity contribution in [1.29, 1.82) is 0 Å². The van der Waals surface area contributed by atoms with Gasteiger partial charge >= 0.3 is 18.3 Å². The topological polar surface area (TPSA) is 83.6 Å². The SMILES string of the molecule is O=C(Nc1nc(Cl)c2[nH]cnc2n1)C(F)(F)C(F)F. The summed E-state index contributed by atoms with van der Waals surface area (Å²) in [6, 6.07) is 0. The van der Waals surface area contributed by atoms with Crippen LogP contribution in [0.2, 0.25) is 5.15 Å². The number of carbonyl (C=O) groups excluding carboxylic acids is 1. The lowest BCUT2D eigenvalue weighted by molar-refractivity contribution is -0.163. The summed E-state index contributed by atoms with van der Waals surface area (Å²) >= 11 is 5.65. The molecule has 0 aliphatic carbocycles. The number of hydrogen-bond acceptors (Lipinski definition) is 4. The minimum atomic E-state index is -4.85. The Balaban J connectivity index is 2.29. The summed E-state index contributed by atoms with van der Waals surface area (Å²) in [6.45, 7) is 0. The quantitative estimate of drug-likeness (QED) is 0.669. The molecule has 0 atom stereocenters. The van der Waals surface area contributed by atoms with Crippen molar-refractivity contribution < 1.29 is 22.4 Å². The van der Waals surface area contributed by atoms with Gasteiger partial charge in [0.15, 0.2) is 10.8 Å². The molecule has 2 rings (SSSR count). The number of fused-ring (bicyclic) bond motifs is 1. The third-order valence-electron chi connectivity index (χ3n) is 2.04. The monoisotopic (exact) mass is 297 g/mol. The van der Waals surface area contributed by atoms with Gasteiger partial charge in [0, 0.05) is 0 Å². The molecule has 0 aliphatic heterocycles. The number of imidazole rings is 1. The normalized spacial score (nSPS) is 12.1. The van der Waals surface area contributed by atoms with Gasteiger partial charge in [-0.1, -0.05) is 11.6 Å². The second kappa shape index (κ2) is 4.61. The molecule has 11 heteroatoms. The van der Waals surface area contributed by atoms with Crippen LogP contribution in [0.3, 0.4) is 0 Å². The molecule has 19 heavy (non-hydrogen) atoms. The highest BCUT2D eigenvalue weighted by molar-refractivity contribution is 6.33. The van der Waals surface area contributed by atoms with Gasteiger partial charge in [-0.3, -0.25) is 10.1 Å². The maximum atomic E-state index is 12.7. The fourth-order valence-corrected chi connectivity index (χ4v) is 1.36. The van der Waals surface area contributed by atoms with E-state index in [1.54, 1.807) is 0 Å². The Morgan fingerprint density at radius 2 is 2.11 bits per heavy atom. The van der Waals surface area contributed by atoms with Crippen LogP contribution in [0.25, 0.3) is 11.2 Å². The molecular weight excluding hydrogens is 294 g/mol. The van der Waals surface area contributed by atoms with Gasteiger partial charge in [-0.25, -0.2) is 13.8 Å². The molecule has 6 nitrogen and oxygen atoms in total. The van der Waals surface area contributed by atoms with Crippen molar-refractivity contribution in [2.24, 2.45) is 0 Å². The van der Waals surface area contributed by atoms with Crippen LogP contribution in [0.15, 0.2) is 6.33 Å². The summed E-state index contributed by atoms with van der Waals surface area (Å²) in [5.41, 5.74) is 0.218. The number of aromatic nitrogens is 4. The molecule has 1 amide bonds. The lowest BCUT2D eigenvalue weighted by atomic mass is 10.3. The van der Waals surface area contributed by atoms with E-state index in [4.69, 9.17) is 11.6 Å². The molecule has 0 unspecified atom stereocenters. The number of amides is 1. The largest absolute Gasteiger partial charge is 0.383 e. The summed E-state index contributed by atoms with van der Waals surface area (Å²) in [4.78, 5) is 24.2. The maximum absolute atomic E-state index is 12.7. The zero-order chi connectivity index (χ0) is 14.2. The van der Waals surface area contributed by atoms with Crippen molar-refractivity contribution in [2.75, 3.05) is 5.32 Å². The van der Waals surface area contributed by atoms with Crippen molar-refractivity contribution >= 4 is 34.6 Å². The average Bonchev–Trinajstić information content (AvgIpc) is 2.77. The summed E-state index contributed by atoms with van der Waals surface area (Å²) in [5, 5.41) is 1.26. The lowest BCUT2D eigenvalue weighted by Gasteiger charge is -2.13. The van der Waals surface area contributed by atoms with Gasteiger partial charge in [-0.2, -0.15) is 18.7 Å². The van der Waals surface area contributed by atoms with E-state index in [1.807, 2.05) is 0 Å². The van der Waals surface area contributed by atoms with Gasteiger partial charge < -0.3 is 4.98 Å². The first kappa shape index (κ1) is 13.5. The number of hydrogen-bond donors (Lipinski definition) is 2. The van der Waals surface area contributed by atoms with Gasteiger partial charge in [-0.15, -0.1) is 0 Å². The van der Waals surface area contributed by atoms with E-state index in [2.05, 4.69) is 19.9 Å². The standard InChI is InChI=1S/C8H4ClF4N5O/c9-3-2-4(15-1-14-2)17-7(16-3)18-6(19)8(12,13)5(10)11/h1,5H,(H2,14,15,16,17,18,19). The molecule has 2 aromatic heterocycles. The van der Waals surface area contributed by atoms with Gasteiger partial charge in [0.2, 0.25) is 5.95 Å². The minimum absolute atomic E-state index is 0.00402. The minimum Gasteiger partial charge on any atom is -0.341 e. The van der Waals surface area contributed by atoms with Gasteiger partial charge in [0.1, 0.15) is 5.52 Å². The Labute approximate surface area is 107 Å². The fourth-order valence-electron chi connectivity index (χ4n) is 1.14. The first-order valence-electron chi connectivity index (χ1n) is 4.66. The lowest BCUT2D eigenvalue weighted by Crippen LogP contribution is -2.41. The summed E-state index contributed by atoms with van der Waals surface area (Å²) in [6.07, 6.45) is -2.93. The number of halogens is 5. The Morgan fingerprint density at radius 3 is 2.74 bits per heavy atom. The smallest absolute Gasteiger partial charge is 0.341 e. The van der Waals surface area contributed by atoms with Crippen molar-refractivity contribution in [2.45, 2.75) is 12.3 Å². The van der Waals surface area contributed by atoms with Crippen LogP contribution < -0.4 is 5.32 Å². The number of carbonyl (C=O) groups is 1. The first-order valence-corrected chi connectivity index (χ1v) is 5.04. The Morgan fingerprint density at radius 1 is 1.42 bits per heavy atom. The first-order chi connectivity index (χ1) is 8.82. The van der Waals surface area contributed by atoms with Crippen LogP contribution in [0.1, 0.15) is 0 Å². The Bertz CT molecular complexity index is 631. The second-order valence-corrected chi connectivity index (χ2v) is 3.67. The zero-order valence-corrected chi connectivity index (χ0v) is 9.55. The number of nitrogens with one attached hydrogen (secondary N) is 2. The van der Waals surface area contributed by atoms with Gasteiger partial charge in [0.25, 0.3) is 0 Å². The van der Waals surface area contributed by atoms with Crippen molar-refractivity contribution in [3.8, 4) is 0 Å². The number of aromatic amines is 1. The summed E-state index contributed by atoms with van der Waals surface area (Å²) in [7, 11) is 0. The molecule has 2 heterocycles. The zero-order valence-electron chi connectivity index (χ0n) is 8.79. The second-order valence-electron chi connectivity index (χ2n) is 3.32. The molecular formula is C8H4ClF4N5O. The number of alkyl halides is 4. The van der Waals surface area contributed by atoms with Crippen molar-refractivity contribution in [3.05, 3.63) is 11.5 Å². The van der Waals surface area contributed by atoms with Gasteiger partial charge in [0.05, 0.1) is 6.33 Å². The van der Waals surface area contributed by atoms with Crippen molar-refractivity contribution in [3.63, 3.8) is 0 Å². The highest BCUT2D eigenvalue weighted by Crippen LogP contribution is 2.25. The molecule has 2 aromatic rings. The molecule has 2 N–H and O–H groups in total. The van der Waals surface area contributed by atoms with E-state index >= 15 is 0 Å². The predicted octanol–water partition coefficient (Wildman–Crippen LogP) is 1.85. The number of H-pyrrole nitrogens is 1. The van der Waals surface area contributed by atoms with Crippen LogP contribution in [-0.4, -0.2) is 38.2 Å². The molecule has 0 aromatic carbocycles. The van der Waals surface area contributed by atoms with Crippen LogP contribution in [0.5, 0.6) is 0 Å². The molecule has 0 saturated heterocycles. The van der Waals surface area contributed by atoms with E-state index in [-0.39, 0.29) is 16.3 Å². The molecule has 0 saturated carbocycles. The third-order valence-corrected chi connectivity index (χ3v) is 2.32. The maximum Gasteiger partial charge on any atom is 0.383 e. The van der Waals surface area contributed by atoms with E-state index < -0.39 is 24.2 Å². The highest BCUT2D eigenvalue weighted by Gasteiger charge is 2.49. The highest BCUT2D eigenvalue weighted by atomic mass is 35.5. The van der Waals surface area contributed by atoms with Crippen LogP contribution >= 0.6 is 11.6 Å². The number of nitrogens with zero attached hydrogens (tertiary/aromatic N) is 3.